The molecule has 7 rings (SSSR count). The lowest BCUT2D eigenvalue weighted by Crippen LogP contribution is -2.69. The van der Waals surface area contributed by atoms with Gasteiger partial charge < -0.3 is 24.1 Å². The standard InChI is InChI=1S/C20H22O7/c1-16(2,23)19-12(26-19)13-20(27-13)17(3)5-4-8-9(7-24-14(8)21)10(17)6-11-18(20,25-11)15(19)22/h10-13,23H,4-7H2,1-3H3/t10-,11-,12-,13-,17-,18+,19-,20+/m0/s1. The zero-order valence-corrected chi connectivity index (χ0v) is 15.5. The fourth-order valence-electron chi connectivity index (χ4n) is 7.42. The highest BCUT2D eigenvalue weighted by molar-refractivity contribution is 6.06. The Balaban J connectivity index is 1.39. The Hall–Kier alpha value is -1.28. The number of ketones is 1. The van der Waals surface area contributed by atoms with Crippen LogP contribution in [-0.4, -0.2) is 64.2 Å². The number of aliphatic hydroxyl groups is 1. The van der Waals surface area contributed by atoms with Crippen LogP contribution >= 0.6 is 0 Å². The van der Waals surface area contributed by atoms with E-state index in [9.17, 15) is 14.7 Å². The van der Waals surface area contributed by atoms with Crippen LogP contribution in [0, 0.1) is 11.3 Å². The number of cyclic esters (lactones) is 1. The summed E-state index contributed by atoms with van der Waals surface area (Å²) in [5, 5.41) is 10.7. The van der Waals surface area contributed by atoms with Gasteiger partial charge in [-0.05, 0) is 44.6 Å². The Morgan fingerprint density at radius 1 is 1.15 bits per heavy atom. The van der Waals surface area contributed by atoms with Crippen molar-refractivity contribution in [3.05, 3.63) is 11.1 Å². The molecule has 0 aromatic rings. The molecule has 7 aliphatic rings. The van der Waals surface area contributed by atoms with Crippen molar-refractivity contribution in [2.75, 3.05) is 6.61 Å². The van der Waals surface area contributed by atoms with E-state index in [1.165, 1.54) is 0 Å². The molecule has 0 unspecified atom stereocenters. The maximum Gasteiger partial charge on any atom is 0.334 e. The molecule has 5 fully saturated rings. The lowest BCUT2D eigenvalue weighted by molar-refractivity contribution is -0.147. The molecule has 144 valence electrons. The van der Waals surface area contributed by atoms with Crippen molar-refractivity contribution >= 4 is 11.8 Å². The number of rotatable bonds is 1. The minimum Gasteiger partial charge on any atom is -0.458 e. The van der Waals surface area contributed by atoms with E-state index in [4.69, 9.17) is 18.9 Å². The molecule has 7 nitrogen and oxygen atoms in total. The van der Waals surface area contributed by atoms with Gasteiger partial charge in [-0.2, -0.15) is 0 Å². The van der Waals surface area contributed by atoms with E-state index >= 15 is 0 Å². The first-order chi connectivity index (χ1) is 12.7. The number of epoxide rings is 3. The third-order valence-corrected chi connectivity index (χ3v) is 8.82. The van der Waals surface area contributed by atoms with Crippen LogP contribution in [0.2, 0.25) is 0 Å². The SMILES string of the molecule is CC(C)(O)[C@]12O[C@H]1[C@@H]1O[C@@]13[C@@]1(C)CCC4=C(COC4=O)[C@@H]1C[C@@H]1O[C@@]13C2=O. The largest absolute Gasteiger partial charge is 0.458 e. The molecule has 3 aliphatic carbocycles. The molecule has 0 aromatic heterocycles. The lowest BCUT2D eigenvalue weighted by atomic mass is 9.47. The van der Waals surface area contributed by atoms with Crippen LogP contribution in [0.3, 0.4) is 0 Å². The molecule has 0 aromatic carbocycles. The highest BCUT2D eigenvalue weighted by Crippen LogP contribution is 2.82. The van der Waals surface area contributed by atoms with Gasteiger partial charge in [0.15, 0.2) is 11.2 Å². The molecule has 8 atom stereocenters. The molecular weight excluding hydrogens is 352 g/mol. The fourth-order valence-corrected chi connectivity index (χ4v) is 7.42. The van der Waals surface area contributed by atoms with E-state index in [1.807, 2.05) is 0 Å². The first-order valence-corrected chi connectivity index (χ1v) is 9.85. The van der Waals surface area contributed by atoms with E-state index < -0.39 is 28.5 Å². The molecule has 7 heteroatoms. The topological polar surface area (TPSA) is 101 Å². The summed E-state index contributed by atoms with van der Waals surface area (Å²) < 4.78 is 23.8. The van der Waals surface area contributed by atoms with Crippen LogP contribution in [0.5, 0.6) is 0 Å². The summed E-state index contributed by atoms with van der Waals surface area (Å²) in [6.45, 7) is 5.77. The van der Waals surface area contributed by atoms with E-state index in [2.05, 4.69) is 6.92 Å². The van der Waals surface area contributed by atoms with Gasteiger partial charge in [0.1, 0.15) is 24.4 Å². The van der Waals surface area contributed by atoms with Gasteiger partial charge in [-0.1, -0.05) is 6.92 Å². The Labute approximate surface area is 156 Å². The first-order valence-electron chi connectivity index (χ1n) is 9.85. The van der Waals surface area contributed by atoms with Crippen LogP contribution in [0.25, 0.3) is 0 Å². The molecule has 27 heavy (non-hydrogen) atoms. The van der Waals surface area contributed by atoms with Crippen molar-refractivity contribution in [1.29, 1.82) is 0 Å². The van der Waals surface area contributed by atoms with Crippen molar-refractivity contribution in [1.82, 2.24) is 0 Å². The van der Waals surface area contributed by atoms with Gasteiger partial charge in [-0.25, -0.2) is 4.79 Å². The summed E-state index contributed by atoms with van der Waals surface area (Å²) in [7, 11) is 0. The third kappa shape index (κ3) is 1.23. The van der Waals surface area contributed by atoms with E-state index in [-0.39, 0.29) is 35.3 Å². The number of hydrogen-bond acceptors (Lipinski definition) is 7. The quantitative estimate of drug-likeness (QED) is 0.524. The first kappa shape index (κ1) is 15.6. The zero-order valence-electron chi connectivity index (χ0n) is 15.5. The van der Waals surface area contributed by atoms with Crippen molar-refractivity contribution < 1.29 is 33.6 Å². The maximum atomic E-state index is 13.7. The predicted molar refractivity (Wildman–Crippen MR) is 87.5 cm³/mol. The van der Waals surface area contributed by atoms with E-state index in [0.29, 0.717) is 19.4 Å². The molecule has 0 radical (unpaired) electrons. The van der Waals surface area contributed by atoms with Gasteiger partial charge in [0, 0.05) is 11.0 Å². The molecule has 2 spiro atoms. The second-order valence-electron chi connectivity index (χ2n) is 10.1. The monoisotopic (exact) mass is 374 g/mol. The summed E-state index contributed by atoms with van der Waals surface area (Å²) in [4.78, 5) is 25.8. The Morgan fingerprint density at radius 3 is 2.67 bits per heavy atom. The molecule has 0 amide bonds. The summed E-state index contributed by atoms with van der Waals surface area (Å²) >= 11 is 0. The van der Waals surface area contributed by atoms with E-state index in [1.54, 1.807) is 13.8 Å². The van der Waals surface area contributed by atoms with Gasteiger partial charge in [0.25, 0.3) is 0 Å². The number of esters is 1. The maximum absolute atomic E-state index is 13.7. The van der Waals surface area contributed by atoms with Crippen LogP contribution in [-0.2, 0) is 28.5 Å². The lowest BCUT2D eigenvalue weighted by Gasteiger charge is -2.51. The van der Waals surface area contributed by atoms with Crippen LogP contribution in [0.1, 0.15) is 40.0 Å². The number of carbonyl (C=O) groups is 2. The molecule has 4 aliphatic heterocycles. The van der Waals surface area contributed by atoms with Gasteiger partial charge in [-0.15, -0.1) is 0 Å². The number of ether oxygens (including phenoxy) is 4. The highest BCUT2D eigenvalue weighted by Gasteiger charge is 3.02. The Morgan fingerprint density at radius 2 is 1.93 bits per heavy atom. The molecule has 0 bridgehead atoms. The van der Waals surface area contributed by atoms with Crippen molar-refractivity contribution in [2.24, 2.45) is 11.3 Å². The number of fused-ring (bicyclic) bond motifs is 4. The van der Waals surface area contributed by atoms with Crippen LogP contribution in [0.4, 0.5) is 0 Å². The molecule has 4 heterocycles. The zero-order chi connectivity index (χ0) is 18.8. The van der Waals surface area contributed by atoms with E-state index in [0.717, 1.165) is 17.6 Å². The van der Waals surface area contributed by atoms with Crippen molar-refractivity contribution in [3.8, 4) is 0 Å². The van der Waals surface area contributed by atoms with Gasteiger partial charge >= 0.3 is 5.97 Å². The van der Waals surface area contributed by atoms with Crippen molar-refractivity contribution in [3.63, 3.8) is 0 Å². The number of Topliss-reactive ketones (excluding diaryl/α,β-unsaturated/α-hetero) is 1. The van der Waals surface area contributed by atoms with Crippen LogP contribution < -0.4 is 0 Å². The minimum atomic E-state index is -1.29. The highest BCUT2D eigenvalue weighted by atomic mass is 16.7. The molecular formula is C20H22O7. The summed E-state index contributed by atoms with van der Waals surface area (Å²) in [5.74, 6) is -0.235. The average Bonchev–Trinajstić information content (AvgIpc) is 3.46. The second-order valence-corrected chi connectivity index (χ2v) is 10.1. The Bertz CT molecular complexity index is 900. The predicted octanol–water partition coefficient (Wildman–Crippen LogP) is 0.426. The normalized spacial score (nSPS) is 59.0. The molecule has 2 saturated carbocycles. The van der Waals surface area contributed by atoms with Crippen molar-refractivity contribution in [2.45, 2.75) is 80.7 Å². The minimum absolute atomic E-state index is 0.111. The smallest absolute Gasteiger partial charge is 0.334 e. The van der Waals surface area contributed by atoms with Gasteiger partial charge in [0.05, 0.1) is 11.7 Å². The fraction of sp³-hybridized carbons (Fsp3) is 0.800. The number of hydrogen-bond donors (Lipinski definition) is 1. The second kappa shape index (κ2) is 3.77. The summed E-state index contributed by atoms with van der Waals surface area (Å²) in [5.41, 5.74) is -2.67. The van der Waals surface area contributed by atoms with Crippen LogP contribution in [0.15, 0.2) is 11.1 Å². The summed E-state index contributed by atoms with van der Waals surface area (Å²) in [6.07, 6.45) is 1.17. The Kier molecular flexibility index (Phi) is 2.18. The number of carbonyl (C=O) groups excluding carboxylic acids is 2. The summed E-state index contributed by atoms with van der Waals surface area (Å²) in [6, 6.07) is 0. The third-order valence-electron chi connectivity index (χ3n) is 8.82. The molecule has 3 saturated heterocycles. The van der Waals surface area contributed by atoms with Gasteiger partial charge in [-0.3, -0.25) is 4.79 Å². The average molecular weight is 374 g/mol. The molecule has 1 N–H and O–H groups in total. The van der Waals surface area contributed by atoms with Gasteiger partial charge in [0.2, 0.25) is 5.78 Å².